The molecule has 0 aliphatic carbocycles. The van der Waals surface area contributed by atoms with Crippen molar-refractivity contribution in [3.63, 3.8) is 0 Å². The molecule has 0 atom stereocenters. The fourth-order valence-corrected chi connectivity index (χ4v) is 1.97. The van der Waals surface area contributed by atoms with Crippen LogP contribution in [0.15, 0.2) is 0 Å². The summed E-state index contributed by atoms with van der Waals surface area (Å²) in [4.78, 5) is 13.4. The number of amides is 1. The van der Waals surface area contributed by atoms with E-state index in [0.29, 0.717) is 5.75 Å². The number of carbonyl (C=O) groups excluding carboxylic acids is 1. The molecule has 0 N–H and O–H groups in total. The van der Waals surface area contributed by atoms with Crippen molar-refractivity contribution < 1.29 is 4.79 Å². The van der Waals surface area contributed by atoms with Crippen LogP contribution in [0.25, 0.3) is 0 Å². The smallest absolute Gasteiger partial charge is 0.232 e. The van der Waals surface area contributed by atoms with Crippen LogP contribution in [0, 0.1) is 0 Å². The van der Waals surface area contributed by atoms with E-state index in [1.165, 1.54) is 38.5 Å². The number of carbonyl (C=O) groups is 1. The summed E-state index contributed by atoms with van der Waals surface area (Å²) in [5, 5.41) is 0. The maximum absolute atomic E-state index is 11.4. The van der Waals surface area contributed by atoms with Crippen LogP contribution < -0.4 is 0 Å². The van der Waals surface area contributed by atoms with Gasteiger partial charge in [-0.25, -0.2) is 0 Å². The molecule has 3 heteroatoms. The molecule has 0 radical (unpaired) electrons. The van der Waals surface area contributed by atoms with Crippen molar-refractivity contribution in [1.29, 1.82) is 0 Å². The van der Waals surface area contributed by atoms with E-state index in [9.17, 15) is 4.79 Å². The van der Waals surface area contributed by atoms with Gasteiger partial charge < -0.3 is 4.90 Å². The van der Waals surface area contributed by atoms with E-state index in [-0.39, 0.29) is 5.91 Å². The first-order valence-electron chi connectivity index (χ1n) is 5.23. The second kappa shape index (κ2) is 6.30. The van der Waals surface area contributed by atoms with Gasteiger partial charge in [-0.15, -0.1) is 0 Å². The van der Waals surface area contributed by atoms with E-state index in [2.05, 4.69) is 12.6 Å². The number of hydrogen-bond donors (Lipinski definition) is 1. The molecule has 0 unspecified atom stereocenters. The topological polar surface area (TPSA) is 20.3 Å². The first-order chi connectivity index (χ1) is 6.34. The van der Waals surface area contributed by atoms with E-state index in [1.54, 1.807) is 0 Å². The Morgan fingerprint density at radius 2 is 1.46 bits per heavy atom. The Morgan fingerprint density at radius 1 is 1.00 bits per heavy atom. The van der Waals surface area contributed by atoms with Crippen molar-refractivity contribution in [3.05, 3.63) is 0 Å². The molecular formula is C10H19NOS. The van der Waals surface area contributed by atoms with Gasteiger partial charge in [0.25, 0.3) is 0 Å². The quantitative estimate of drug-likeness (QED) is 0.644. The number of hydrogen-bond acceptors (Lipinski definition) is 2. The van der Waals surface area contributed by atoms with Crippen LogP contribution >= 0.6 is 12.6 Å². The van der Waals surface area contributed by atoms with Gasteiger partial charge in [0, 0.05) is 13.1 Å². The molecule has 13 heavy (non-hydrogen) atoms. The molecule has 76 valence electrons. The molecule has 0 aromatic rings. The highest BCUT2D eigenvalue weighted by Gasteiger charge is 2.11. The van der Waals surface area contributed by atoms with Crippen molar-refractivity contribution >= 4 is 18.5 Å². The summed E-state index contributed by atoms with van der Waals surface area (Å²) >= 11 is 4.02. The highest BCUT2D eigenvalue weighted by atomic mass is 32.1. The van der Waals surface area contributed by atoms with Crippen molar-refractivity contribution in [2.24, 2.45) is 0 Å². The third-order valence-electron chi connectivity index (χ3n) is 2.59. The normalized spacial score (nSPS) is 20.2. The molecule has 2 nitrogen and oxygen atoms in total. The zero-order valence-corrected chi connectivity index (χ0v) is 9.06. The number of thiol groups is 1. The van der Waals surface area contributed by atoms with Gasteiger partial charge in [-0.3, -0.25) is 4.79 Å². The SMILES string of the molecule is O=C(CS)N1CCCCCCCC1. The van der Waals surface area contributed by atoms with Gasteiger partial charge in [-0.1, -0.05) is 25.7 Å². The van der Waals surface area contributed by atoms with Gasteiger partial charge in [0.2, 0.25) is 5.91 Å². The fourth-order valence-electron chi connectivity index (χ4n) is 1.77. The minimum atomic E-state index is 0.199. The lowest BCUT2D eigenvalue weighted by Crippen LogP contribution is -2.33. The third kappa shape index (κ3) is 4.03. The van der Waals surface area contributed by atoms with Crippen molar-refractivity contribution in [2.45, 2.75) is 38.5 Å². The molecule has 0 bridgehead atoms. The van der Waals surface area contributed by atoms with Crippen molar-refractivity contribution in [2.75, 3.05) is 18.8 Å². The average molecular weight is 201 g/mol. The Bertz CT molecular complexity index is 151. The fraction of sp³-hybridized carbons (Fsp3) is 0.900. The Morgan fingerprint density at radius 3 is 1.92 bits per heavy atom. The predicted octanol–water partition coefficient (Wildman–Crippen LogP) is 2.10. The first kappa shape index (κ1) is 10.9. The van der Waals surface area contributed by atoms with Gasteiger partial charge in [0.1, 0.15) is 0 Å². The van der Waals surface area contributed by atoms with Crippen LogP contribution in [0.4, 0.5) is 0 Å². The lowest BCUT2D eigenvalue weighted by Gasteiger charge is -2.20. The number of rotatable bonds is 1. The predicted molar refractivity (Wildman–Crippen MR) is 58.1 cm³/mol. The molecule has 0 spiro atoms. The van der Waals surface area contributed by atoms with Gasteiger partial charge in [-0.2, -0.15) is 12.6 Å². The molecule has 1 aliphatic rings. The molecule has 1 amide bonds. The summed E-state index contributed by atoms with van der Waals surface area (Å²) in [6.07, 6.45) is 7.55. The van der Waals surface area contributed by atoms with E-state index in [4.69, 9.17) is 0 Å². The van der Waals surface area contributed by atoms with Gasteiger partial charge >= 0.3 is 0 Å². The summed E-state index contributed by atoms with van der Waals surface area (Å²) in [6, 6.07) is 0. The largest absolute Gasteiger partial charge is 0.342 e. The molecule has 1 rings (SSSR count). The van der Waals surface area contributed by atoms with Crippen molar-refractivity contribution in [1.82, 2.24) is 4.90 Å². The van der Waals surface area contributed by atoms with Crippen LogP contribution in [0.5, 0.6) is 0 Å². The Hall–Kier alpha value is -0.180. The maximum atomic E-state index is 11.4. The Balaban J connectivity index is 2.36. The van der Waals surface area contributed by atoms with E-state index < -0.39 is 0 Å². The van der Waals surface area contributed by atoms with E-state index >= 15 is 0 Å². The summed E-state index contributed by atoms with van der Waals surface area (Å²) in [5.41, 5.74) is 0. The van der Waals surface area contributed by atoms with Gasteiger partial charge in [0.15, 0.2) is 0 Å². The van der Waals surface area contributed by atoms with Crippen LogP contribution in [-0.4, -0.2) is 29.6 Å². The number of nitrogens with zero attached hydrogens (tertiary/aromatic N) is 1. The zero-order chi connectivity index (χ0) is 9.52. The standard InChI is InChI=1S/C10H19NOS/c12-10(9-13)11-7-5-3-1-2-4-6-8-11/h13H,1-9H2. The Kier molecular flexibility index (Phi) is 5.28. The summed E-state index contributed by atoms with van der Waals surface area (Å²) in [6.45, 7) is 1.89. The lowest BCUT2D eigenvalue weighted by atomic mass is 10.1. The third-order valence-corrected chi connectivity index (χ3v) is 2.86. The minimum absolute atomic E-state index is 0.199. The highest BCUT2D eigenvalue weighted by molar-refractivity contribution is 7.81. The molecule has 0 aromatic carbocycles. The second-order valence-electron chi connectivity index (χ2n) is 3.66. The average Bonchev–Trinajstić information content (AvgIpc) is 2.29. The molecule has 1 fully saturated rings. The molecule has 1 heterocycles. The monoisotopic (exact) mass is 201 g/mol. The van der Waals surface area contributed by atoms with Crippen molar-refractivity contribution in [3.8, 4) is 0 Å². The molecule has 0 aromatic heterocycles. The highest BCUT2D eigenvalue weighted by Crippen LogP contribution is 2.11. The van der Waals surface area contributed by atoms with Crippen LogP contribution in [-0.2, 0) is 4.79 Å². The molecule has 0 saturated carbocycles. The maximum Gasteiger partial charge on any atom is 0.232 e. The first-order valence-corrected chi connectivity index (χ1v) is 5.86. The van der Waals surface area contributed by atoms with E-state index in [0.717, 1.165) is 13.1 Å². The van der Waals surface area contributed by atoms with Crippen LogP contribution in [0.2, 0.25) is 0 Å². The van der Waals surface area contributed by atoms with E-state index in [1.807, 2.05) is 4.90 Å². The molecule has 1 saturated heterocycles. The summed E-state index contributed by atoms with van der Waals surface area (Å²) < 4.78 is 0. The van der Waals surface area contributed by atoms with Gasteiger partial charge in [-0.05, 0) is 12.8 Å². The van der Waals surface area contributed by atoms with Crippen LogP contribution in [0.3, 0.4) is 0 Å². The van der Waals surface area contributed by atoms with Gasteiger partial charge in [0.05, 0.1) is 5.75 Å². The lowest BCUT2D eigenvalue weighted by molar-refractivity contribution is -0.128. The summed E-state index contributed by atoms with van der Waals surface area (Å²) in [7, 11) is 0. The zero-order valence-electron chi connectivity index (χ0n) is 8.17. The molecule has 1 aliphatic heterocycles. The van der Waals surface area contributed by atoms with Crippen LogP contribution in [0.1, 0.15) is 38.5 Å². The Labute approximate surface area is 86.1 Å². The molecular weight excluding hydrogens is 182 g/mol. The summed E-state index contributed by atoms with van der Waals surface area (Å²) in [5.74, 6) is 0.560. The minimum Gasteiger partial charge on any atom is -0.342 e. The second-order valence-corrected chi connectivity index (χ2v) is 3.98.